The maximum atomic E-state index is 13.3. The largest absolute Gasteiger partial charge is 0.462 e. The minimum Gasteiger partial charge on any atom is -0.462 e. The normalized spacial score (nSPS) is 13.7. The predicted molar refractivity (Wildman–Crippen MR) is 310 cm³/mol. The van der Waals surface area contributed by atoms with E-state index in [2.05, 4.69) is 111 Å². The lowest BCUT2D eigenvalue weighted by molar-refractivity contribution is -0.151. The Bertz CT molecular complexity index is 1340. The molecular formula is C65H115NO5. The van der Waals surface area contributed by atoms with Crippen LogP contribution in [0.3, 0.4) is 0 Å². The summed E-state index contributed by atoms with van der Waals surface area (Å²) in [5.74, 6) is -0.541. The van der Waals surface area contributed by atoms with E-state index in [4.69, 9.17) is 4.74 Å². The van der Waals surface area contributed by atoms with Crippen molar-refractivity contribution in [3.63, 3.8) is 0 Å². The van der Waals surface area contributed by atoms with Gasteiger partial charge in [-0.05, 0) is 96.3 Å². The van der Waals surface area contributed by atoms with E-state index < -0.39 is 18.2 Å². The molecule has 0 aromatic heterocycles. The molecule has 3 atom stereocenters. The number of aliphatic hydroxyl groups excluding tert-OH is 2. The highest BCUT2D eigenvalue weighted by atomic mass is 16.5. The standard InChI is InChI=1S/C65H115NO5/c1-4-7-10-13-16-19-22-25-28-31-32-34-37-40-43-46-49-52-55-58-65(70)71-61(56-53-50-47-44-41-38-35-30-27-24-21-18-15-12-9-6-3)59-64(69)66-62(60-67)63(68)57-54-51-48-45-42-39-36-33-29-26-23-20-17-14-11-8-5-2/h16,19,24-25,27-28,30,32,34-35,38,40-41,43,61-63,67-68H,4-15,17-18,20-23,26,29,31,33,36-37,39,42,44-60H2,1-3H3,(H,66,69)/b19-16-,27-24+,28-25-,34-32-,35-30+,41-38+,43-40-. The molecule has 71 heavy (non-hydrogen) atoms. The van der Waals surface area contributed by atoms with Crippen LogP contribution in [0.4, 0.5) is 0 Å². The Labute approximate surface area is 440 Å². The Morgan fingerprint density at radius 3 is 1.24 bits per heavy atom. The molecule has 410 valence electrons. The average molecular weight is 991 g/mol. The molecule has 0 fully saturated rings. The van der Waals surface area contributed by atoms with E-state index in [9.17, 15) is 19.8 Å². The van der Waals surface area contributed by atoms with Crippen molar-refractivity contribution in [1.29, 1.82) is 0 Å². The molecule has 3 unspecified atom stereocenters. The summed E-state index contributed by atoms with van der Waals surface area (Å²) < 4.78 is 5.94. The van der Waals surface area contributed by atoms with E-state index >= 15 is 0 Å². The Morgan fingerprint density at radius 2 is 0.775 bits per heavy atom. The molecule has 0 radical (unpaired) electrons. The van der Waals surface area contributed by atoms with E-state index in [1.54, 1.807) is 0 Å². The first kappa shape index (κ1) is 68.0. The van der Waals surface area contributed by atoms with Crippen LogP contribution in [0.2, 0.25) is 0 Å². The van der Waals surface area contributed by atoms with E-state index in [0.717, 1.165) is 96.3 Å². The third kappa shape index (κ3) is 53.2. The number of hydrogen-bond acceptors (Lipinski definition) is 5. The van der Waals surface area contributed by atoms with Gasteiger partial charge in [0.2, 0.25) is 5.91 Å². The van der Waals surface area contributed by atoms with Gasteiger partial charge >= 0.3 is 5.97 Å². The van der Waals surface area contributed by atoms with Crippen LogP contribution in [0, 0.1) is 0 Å². The molecule has 1 amide bonds. The van der Waals surface area contributed by atoms with Gasteiger partial charge in [-0.3, -0.25) is 9.59 Å². The van der Waals surface area contributed by atoms with Gasteiger partial charge in [0.15, 0.2) is 0 Å². The molecule has 0 rings (SSSR count). The number of allylic oxidation sites excluding steroid dienone is 14. The Morgan fingerprint density at radius 1 is 0.423 bits per heavy atom. The zero-order valence-electron chi connectivity index (χ0n) is 46.8. The molecule has 0 saturated carbocycles. The summed E-state index contributed by atoms with van der Waals surface area (Å²) in [5.41, 5.74) is 0. The molecule has 0 heterocycles. The van der Waals surface area contributed by atoms with Crippen molar-refractivity contribution in [2.45, 2.75) is 309 Å². The molecule has 0 bridgehead atoms. The molecule has 0 spiro atoms. The number of nitrogens with one attached hydrogen (secondary N) is 1. The number of aliphatic hydroxyl groups is 2. The molecule has 0 aromatic rings. The number of esters is 1. The van der Waals surface area contributed by atoms with Crippen molar-refractivity contribution < 1.29 is 24.5 Å². The van der Waals surface area contributed by atoms with Crippen molar-refractivity contribution in [3.8, 4) is 0 Å². The van der Waals surface area contributed by atoms with E-state index in [-0.39, 0.29) is 24.9 Å². The molecule has 0 saturated heterocycles. The topological polar surface area (TPSA) is 95.9 Å². The number of carbonyl (C=O) groups excluding carboxylic acids is 2. The summed E-state index contributed by atoms with van der Waals surface area (Å²) in [6.45, 7) is 6.45. The molecule has 0 aromatic carbocycles. The van der Waals surface area contributed by atoms with Crippen LogP contribution in [-0.2, 0) is 14.3 Å². The third-order valence-electron chi connectivity index (χ3n) is 13.5. The molecule has 0 aliphatic heterocycles. The molecule has 0 aliphatic rings. The van der Waals surface area contributed by atoms with E-state index in [0.29, 0.717) is 19.3 Å². The quantitative estimate of drug-likeness (QED) is 0.0244. The Kier molecular flexibility index (Phi) is 55.5. The minimum absolute atomic E-state index is 0.0388. The fraction of sp³-hybridized carbons (Fsp3) is 0.754. The molecule has 6 nitrogen and oxygen atoms in total. The molecular weight excluding hydrogens is 875 g/mol. The fourth-order valence-corrected chi connectivity index (χ4v) is 8.89. The number of amides is 1. The van der Waals surface area contributed by atoms with Gasteiger partial charge in [-0.1, -0.05) is 266 Å². The number of carbonyl (C=O) groups is 2. The maximum Gasteiger partial charge on any atom is 0.306 e. The van der Waals surface area contributed by atoms with Gasteiger partial charge in [0.25, 0.3) is 0 Å². The highest BCUT2D eigenvalue weighted by Crippen LogP contribution is 2.18. The van der Waals surface area contributed by atoms with E-state index in [1.165, 1.54) is 148 Å². The van der Waals surface area contributed by atoms with Crippen LogP contribution >= 0.6 is 0 Å². The zero-order valence-corrected chi connectivity index (χ0v) is 46.8. The first-order valence-electron chi connectivity index (χ1n) is 30.3. The summed E-state index contributed by atoms with van der Waals surface area (Å²) in [5, 5.41) is 23.9. The highest BCUT2D eigenvalue weighted by Gasteiger charge is 2.24. The summed E-state index contributed by atoms with van der Waals surface area (Å²) in [4.78, 5) is 26.3. The van der Waals surface area contributed by atoms with Crippen LogP contribution in [0.1, 0.15) is 290 Å². The Balaban J connectivity index is 4.66. The number of ether oxygens (including phenoxy) is 1. The van der Waals surface area contributed by atoms with Crippen molar-refractivity contribution >= 4 is 11.9 Å². The number of hydrogen-bond donors (Lipinski definition) is 3. The summed E-state index contributed by atoms with van der Waals surface area (Å²) in [7, 11) is 0. The van der Waals surface area contributed by atoms with Crippen molar-refractivity contribution in [2.75, 3.05) is 6.61 Å². The van der Waals surface area contributed by atoms with Crippen LogP contribution in [0.25, 0.3) is 0 Å². The minimum atomic E-state index is -0.809. The second-order valence-electron chi connectivity index (χ2n) is 20.5. The SMILES string of the molecule is CCCCC/C=C\C/C=C\C/C=C\C/C=C\CCCCCC(=O)OC(CCCCC/C=C/C=C/C=C/CCCCCCC)CC(=O)NC(CO)C(O)CCCCCCCCCCCCCCCCCCC. The van der Waals surface area contributed by atoms with Gasteiger partial charge in [0, 0.05) is 6.42 Å². The van der Waals surface area contributed by atoms with Crippen LogP contribution < -0.4 is 5.32 Å². The fourth-order valence-electron chi connectivity index (χ4n) is 8.89. The molecule has 0 aliphatic carbocycles. The predicted octanol–water partition coefficient (Wildman–Crippen LogP) is 19.1. The van der Waals surface area contributed by atoms with Gasteiger partial charge in [-0.2, -0.15) is 0 Å². The summed E-state index contributed by atoms with van der Waals surface area (Å²) in [6.07, 6.45) is 76.5. The zero-order chi connectivity index (χ0) is 51.6. The lowest BCUT2D eigenvalue weighted by atomic mass is 10.0. The highest BCUT2D eigenvalue weighted by molar-refractivity contribution is 5.77. The van der Waals surface area contributed by atoms with Crippen LogP contribution in [0.15, 0.2) is 85.1 Å². The average Bonchev–Trinajstić information content (AvgIpc) is 3.36. The van der Waals surface area contributed by atoms with Gasteiger partial charge in [-0.15, -0.1) is 0 Å². The first-order valence-corrected chi connectivity index (χ1v) is 30.3. The van der Waals surface area contributed by atoms with E-state index in [1.807, 2.05) is 0 Å². The lowest BCUT2D eigenvalue weighted by Gasteiger charge is -2.24. The first-order chi connectivity index (χ1) is 35.0. The van der Waals surface area contributed by atoms with Gasteiger partial charge < -0.3 is 20.3 Å². The summed E-state index contributed by atoms with van der Waals surface area (Å²) >= 11 is 0. The monoisotopic (exact) mass is 990 g/mol. The van der Waals surface area contributed by atoms with Gasteiger partial charge in [0.1, 0.15) is 6.10 Å². The summed E-state index contributed by atoms with van der Waals surface area (Å²) in [6, 6.07) is -0.726. The maximum absolute atomic E-state index is 13.3. The number of rotatable bonds is 54. The molecule has 3 N–H and O–H groups in total. The van der Waals surface area contributed by atoms with Crippen molar-refractivity contribution in [1.82, 2.24) is 5.32 Å². The second-order valence-corrected chi connectivity index (χ2v) is 20.5. The number of unbranched alkanes of at least 4 members (excludes halogenated alkanes) is 30. The third-order valence-corrected chi connectivity index (χ3v) is 13.5. The smallest absolute Gasteiger partial charge is 0.306 e. The van der Waals surface area contributed by atoms with Crippen molar-refractivity contribution in [3.05, 3.63) is 85.1 Å². The van der Waals surface area contributed by atoms with Crippen LogP contribution in [0.5, 0.6) is 0 Å². The second kappa shape index (κ2) is 57.9. The van der Waals surface area contributed by atoms with Gasteiger partial charge in [0.05, 0.1) is 25.2 Å². The molecule has 6 heteroatoms. The van der Waals surface area contributed by atoms with Gasteiger partial charge in [-0.25, -0.2) is 0 Å². The Hall–Kier alpha value is -2.96. The van der Waals surface area contributed by atoms with Crippen LogP contribution in [-0.4, -0.2) is 46.9 Å². The lowest BCUT2D eigenvalue weighted by Crippen LogP contribution is -2.46. The van der Waals surface area contributed by atoms with Crippen molar-refractivity contribution in [2.24, 2.45) is 0 Å².